The minimum atomic E-state index is -4.36. The molecule has 2 aromatic rings. The van der Waals surface area contributed by atoms with Crippen molar-refractivity contribution in [3.63, 3.8) is 0 Å². The van der Waals surface area contributed by atoms with E-state index in [1.807, 2.05) is 0 Å². The minimum absolute atomic E-state index is 0.00269. The maximum atomic E-state index is 13.7. The highest BCUT2D eigenvalue weighted by Crippen LogP contribution is 2.29. The summed E-state index contributed by atoms with van der Waals surface area (Å²) in [6.07, 6.45) is -4.36. The van der Waals surface area contributed by atoms with Crippen LogP contribution in [0.25, 0.3) is 0 Å². The third kappa shape index (κ3) is 4.20. The van der Waals surface area contributed by atoms with Gasteiger partial charge in [0.05, 0.1) is 5.56 Å². The Hall–Kier alpha value is -1.56. The maximum absolute atomic E-state index is 13.7. The predicted octanol–water partition coefficient (Wildman–Crippen LogP) is 5.32. The van der Waals surface area contributed by atoms with Gasteiger partial charge in [-0.2, -0.15) is 13.2 Å². The first kappa shape index (κ1) is 15.8. The van der Waals surface area contributed by atoms with Crippen molar-refractivity contribution in [3.8, 4) is 5.75 Å². The zero-order valence-corrected chi connectivity index (χ0v) is 12.3. The Balaban J connectivity index is 2.03. The fourth-order valence-corrected chi connectivity index (χ4v) is 2.04. The van der Waals surface area contributed by atoms with E-state index in [1.165, 1.54) is 24.3 Å². The molecule has 0 unspecified atom stereocenters. The lowest BCUT2D eigenvalue weighted by atomic mass is 10.1. The zero-order chi connectivity index (χ0) is 15.5. The molecule has 0 N–H and O–H groups in total. The second kappa shape index (κ2) is 6.47. The number of hydrogen-bond acceptors (Lipinski definition) is 1. The summed E-state index contributed by atoms with van der Waals surface area (Å²) in [5, 5.41) is 0.531. The first-order valence-corrected chi connectivity index (χ1v) is 7.15. The molecule has 0 aromatic heterocycles. The molecule has 0 bridgehead atoms. The predicted molar refractivity (Wildman–Crippen MR) is 74.8 cm³/mol. The van der Waals surface area contributed by atoms with Crippen LogP contribution in [-0.4, -0.2) is 0 Å². The lowest BCUT2D eigenvalue weighted by Crippen LogP contribution is -2.05. The smallest absolute Gasteiger partial charge is 0.416 e. The van der Waals surface area contributed by atoms with E-state index in [0.29, 0.717) is 10.9 Å². The van der Waals surface area contributed by atoms with Gasteiger partial charge in [0.1, 0.15) is 6.61 Å². The van der Waals surface area contributed by atoms with Crippen molar-refractivity contribution in [2.24, 2.45) is 0 Å². The molecule has 2 rings (SSSR count). The number of benzene rings is 2. The first-order chi connectivity index (χ1) is 9.90. The van der Waals surface area contributed by atoms with Crippen LogP contribution in [0.1, 0.15) is 16.7 Å². The van der Waals surface area contributed by atoms with Crippen LogP contribution < -0.4 is 4.74 Å². The topological polar surface area (TPSA) is 9.23 Å². The second-order valence-electron chi connectivity index (χ2n) is 4.38. The highest BCUT2D eigenvalue weighted by molar-refractivity contribution is 9.08. The molecule has 0 aliphatic carbocycles. The molecule has 0 atom stereocenters. The van der Waals surface area contributed by atoms with E-state index in [0.717, 1.165) is 17.7 Å². The Bertz CT molecular complexity index is 608. The van der Waals surface area contributed by atoms with E-state index in [1.54, 1.807) is 6.07 Å². The molecule has 0 amide bonds. The van der Waals surface area contributed by atoms with Crippen molar-refractivity contribution < 1.29 is 22.3 Å². The normalized spacial score (nSPS) is 11.5. The SMILES string of the molecule is Fc1cc(CBr)ccc1OCc1ccc(C(F)(F)F)cc1. The van der Waals surface area contributed by atoms with Gasteiger partial charge in [0.25, 0.3) is 0 Å². The van der Waals surface area contributed by atoms with Crippen molar-refractivity contribution in [1.29, 1.82) is 0 Å². The van der Waals surface area contributed by atoms with Gasteiger partial charge in [0.2, 0.25) is 0 Å². The Morgan fingerprint density at radius 3 is 2.10 bits per heavy atom. The van der Waals surface area contributed by atoms with E-state index in [-0.39, 0.29) is 12.4 Å². The van der Waals surface area contributed by atoms with Crippen LogP contribution in [0, 0.1) is 5.82 Å². The molecule has 21 heavy (non-hydrogen) atoms. The molecule has 0 spiro atoms. The summed E-state index contributed by atoms with van der Waals surface area (Å²) in [5.41, 5.74) is 0.584. The van der Waals surface area contributed by atoms with E-state index in [9.17, 15) is 17.6 Å². The standard InChI is InChI=1S/C15H11BrF4O/c16-8-11-3-6-14(13(17)7-11)21-9-10-1-4-12(5-2-10)15(18,19)20/h1-7H,8-9H2. The van der Waals surface area contributed by atoms with Gasteiger partial charge in [-0.05, 0) is 35.4 Å². The summed E-state index contributed by atoms with van der Waals surface area (Å²) in [4.78, 5) is 0. The number of halogens is 5. The largest absolute Gasteiger partial charge is 0.486 e. The van der Waals surface area contributed by atoms with Crippen LogP contribution in [0.4, 0.5) is 17.6 Å². The van der Waals surface area contributed by atoms with Gasteiger partial charge in [-0.1, -0.05) is 34.1 Å². The molecule has 0 heterocycles. The Morgan fingerprint density at radius 2 is 1.57 bits per heavy atom. The van der Waals surface area contributed by atoms with Gasteiger partial charge in [0.15, 0.2) is 11.6 Å². The van der Waals surface area contributed by atoms with Crippen LogP contribution >= 0.6 is 15.9 Å². The number of alkyl halides is 4. The van der Waals surface area contributed by atoms with Gasteiger partial charge >= 0.3 is 6.18 Å². The molecule has 0 aliphatic heterocycles. The van der Waals surface area contributed by atoms with Crippen molar-refractivity contribution in [2.75, 3.05) is 0 Å². The van der Waals surface area contributed by atoms with Gasteiger partial charge in [0, 0.05) is 5.33 Å². The summed E-state index contributed by atoms with van der Waals surface area (Å²) >= 11 is 3.22. The van der Waals surface area contributed by atoms with Gasteiger partial charge in [-0.15, -0.1) is 0 Å². The van der Waals surface area contributed by atoms with Gasteiger partial charge in [-0.25, -0.2) is 4.39 Å². The first-order valence-electron chi connectivity index (χ1n) is 6.03. The fraction of sp³-hybridized carbons (Fsp3) is 0.200. The molecule has 0 saturated heterocycles. The fourth-order valence-electron chi connectivity index (χ4n) is 1.70. The van der Waals surface area contributed by atoms with E-state index >= 15 is 0 Å². The molecule has 2 aromatic carbocycles. The maximum Gasteiger partial charge on any atom is 0.416 e. The molecule has 6 heteroatoms. The highest BCUT2D eigenvalue weighted by Gasteiger charge is 2.29. The summed E-state index contributed by atoms with van der Waals surface area (Å²) < 4.78 is 56.2. The van der Waals surface area contributed by atoms with Crippen LogP contribution in [0.3, 0.4) is 0 Å². The average molecular weight is 363 g/mol. The summed E-state index contributed by atoms with van der Waals surface area (Å²) in [6.45, 7) is 0.00269. The summed E-state index contributed by atoms with van der Waals surface area (Å²) in [7, 11) is 0. The van der Waals surface area contributed by atoms with Crippen molar-refractivity contribution >= 4 is 15.9 Å². The van der Waals surface area contributed by atoms with E-state index < -0.39 is 17.6 Å². The Morgan fingerprint density at radius 1 is 0.952 bits per heavy atom. The summed E-state index contributed by atoms with van der Waals surface area (Å²) in [6, 6.07) is 9.12. The lowest BCUT2D eigenvalue weighted by Gasteiger charge is -2.10. The van der Waals surface area contributed by atoms with Crippen LogP contribution in [0.5, 0.6) is 5.75 Å². The molecular formula is C15H11BrF4O. The minimum Gasteiger partial charge on any atom is -0.486 e. The Labute approximate surface area is 127 Å². The molecule has 0 radical (unpaired) electrons. The third-order valence-electron chi connectivity index (χ3n) is 2.83. The number of rotatable bonds is 4. The van der Waals surface area contributed by atoms with Crippen LogP contribution in [-0.2, 0) is 18.1 Å². The summed E-state index contributed by atoms with van der Waals surface area (Å²) in [5.74, 6) is -0.432. The monoisotopic (exact) mass is 362 g/mol. The lowest BCUT2D eigenvalue weighted by molar-refractivity contribution is -0.137. The van der Waals surface area contributed by atoms with Crippen molar-refractivity contribution in [3.05, 3.63) is 65.0 Å². The van der Waals surface area contributed by atoms with Crippen molar-refractivity contribution in [1.82, 2.24) is 0 Å². The second-order valence-corrected chi connectivity index (χ2v) is 4.94. The Kier molecular flexibility index (Phi) is 4.88. The third-order valence-corrected chi connectivity index (χ3v) is 3.47. The quantitative estimate of drug-likeness (QED) is 0.528. The van der Waals surface area contributed by atoms with Crippen LogP contribution in [0.15, 0.2) is 42.5 Å². The zero-order valence-electron chi connectivity index (χ0n) is 10.8. The molecule has 1 nitrogen and oxygen atoms in total. The number of ether oxygens (including phenoxy) is 1. The van der Waals surface area contributed by atoms with E-state index in [4.69, 9.17) is 4.74 Å². The molecule has 0 saturated carbocycles. The van der Waals surface area contributed by atoms with Gasteiger partial charge < -0.3 is 4.74 Å². The molecule has 0 aliphatic rings. The molecular weight excluding hydrogens is 352 g/mol. The van der Waals surface area contributed by atoms with Crippen molar-refractivity contribution in [2.45, 2.75) is 18.1 Å². The number of hydrogen-bond donors (Lipinski definition) is 0. The van der Waals surface area contributed by atoms with Crippen LogP contribution in [0.2, 0.25) is 0 Å². The van der Waals surface area contributed by atoms with E-state index in [2.05, 4.69) is 15.9 Å². The highest BCUT2D eigenvalue weighted by atomic mass is 79.9. The average Bonchev–Trinajstić information content (AvgIpc) is 2.45. The molecule has 0 fully saturated rings. The molecule has 112 valence electrons. The van der Waals surface area contributed by atoms with Gasteiger partial charge in [-0.3, -0.25) is 0 Å².